The molecule has 2 rings (SSSR count). The van der Waals surface area contributed by atoms with Crippen molar-refractivity contribution in [3.8, 4) is 0 Å². The summed E-state index contributed by atoms with van der Waals surface area (Å²) in [7, 11) is 0. The molecule has 3 N–H and O–H groups in total. The molecule has 98 valence electrons. The van der Waals surface area contributed by atoms with E-state index < -0.39 is 0 Å². The van der Waals surface area contributed by atoms with E-state index in [0.29, 0.717) is 11.6 Å². The highest BCUT2D eigenvalue weighted by atomic mass is 16.3. The average Bonchev–Trinajstić information content (AvgIpc) is 3.20. The van der Waals surface area contributed by atoms with Crippen LogP contribution < -0.4 is 10.6 Å². The third-order valence-corrected chi connectivity index (χ3v) is 3.25. The van der Waals surface area contributed by atoms with Gasteiger partial charge in [-0.2, -0.15) is 0 Å². The predicted molar refractivity (Wildman–Crippen MR) is 71.7 cm³/mol. The van der Waals surface area contributed by atoms with Crippen molar-refractivity contribution in [3.05, 3.63) is 29.8 Å². The lowest BCUT2D eigenvalue weighted by atomic mass is 10.1. The Kier molecular flexibility index (Phi) is 4.20. The van der Waals surface area contributed by atoms with Crippen molar-refractivity contribution in [1.29, 1.82) is 0 Å². The van der Waals surface area contributed by atoms with Crippen LogP contribution in [-0.4, -0.2) is 30.2 Å². The lowest BCUT2D eigenvalue weighted by Gasteiger charge is -2.15. The van der Waals surface area contributed by atoms with Crippen molar-refractivity contribution in [2.24, 2.45) is 5.92 Å². The number of amides is 1. The molecule has 1 aliphatic carbocycles. The molecule has 4 nitrogen and oxygen atoms in total. The molecule has 1 aromatic carbocycles. The summed E-state index contributed by atoms with van der Waals surface area (Å²) in [6, 6.07) is 7.93. The van der Waals surface area contributed by atoms with E-state index in [-0.39, 0.29) is 19.1 Å². The minimum atomic E-state index is -0.147. The van der Waals surface area contributed by atoms with Crippen LogP contribution in [-0.2, 0) is 0 Å². The number of anilines is 1. The molecule has 1 unspecified atom stereocenters. The summed E-state index contributed by atoms with van der Waals surface area (Å²) in [5, 5.41) is 14.7. The van der Waals surface area contributed by atoms with Gasteiger partial charge in [0, 0.05) is 23.8 Å². The normalized spacial score (nSPS) is 16.1. The molecule has 1 aromatic rings. The van der Waals surface area contributed by atoms with E-state index in [1.54, 1.807) is 6.07 Å². The fourth-order valence-electron chi connectivity index (χ4n) is 2.00. The Morgan fingerprint density at radius 2 is 2.28 bits per heavy atom. The smallest absolute Gasteiger partial charge is 0.251 e. The quantitative estimate of drug-likeness (QED) is 0.717. The number of carbonyl (C=O) groups excluding carboxylic acids is 1. The Hall–Kier alpha value is -1.55. The lowest BCUT2D eigenvalue weighted by Crippen LogP contribution is -2.26. The van der Waals surface area contributed by atoms with Crippen LogP contribution in [0, 0.1) is 5.92 Å². The first-order valence-electron chi connectivity index (χ1n) is 6.46. The van der Waals surface area contributed by atoms with E-state index in [1.165, 1.54) is 12.8 Å². The van der Waals surface area contributed by atoms with Crippen LogP contribution in [0.5, 0.6) is 0 Å². The highest BCUT2D eigenvalue weighted by molar-refractivity contribution is 5.95. The molecular weight excluding hydrogens is 228 g/mol. The van der Waals surface area contributed by atoms with Crippen LogP contribution >= 0.6 is 0 Å². The molecule has 1 amide bonds. The van der Waals surface area contributed by atoms with E-state index >= 15 is 0 Å². The second kappa shape index (κ2) is 5.87. The molecule has 0 aliphatic heterocycles. The van der Waals surface area contributed by atoms with Crippen molar-refractivity contribution in [2.45, 2.75) is 25.8 Å². The van der Waals surface area contributed by atoms with Gasteiger partial charge in [0.05, 0.1) is 6.61 Å². The number of carbonyl (C=O) groups is 1. The first-order valence-corrected chi connectivity index (χ1v) is 6.46. The molecular formula is C14H20N2O2. The number of benzene rings is 1. The van der Waals surface area contributed by atoms with Crippen molar-refractivity contribution in [3.63, 3.8) is 0 Å². The largest absolute Gasteiger partial charge is 0.395 e. The van der Waals surface area contributed by atoms with E-state index in [1.807, 2.05) is 18.2 Å². The third-order valence-electron chi connectivity index (χ3n) is 3.25. The van der Waals surface area contributed by atoms with Gasteiger partial charge in [0.15, 0.2) is 0 Å². The monoisotopic (exact) mass is 248 g/mol. The lowest BCUT2D eigenvalue weighted by molar-refractivity contribution is 0.0945. The molecule has 1 fully saturated rings. The molecule has 0 saturated heterocycles. The fourth-order valence-corrected chi connectivity index (χ4v) is 2.00. The summed E-state index contributed by atoms with van der Waals surface area (Å²) in [4.78, 5) is 11.7. The van der Waals surface area contributed by atoms with E-state index in [9.17, 15) is 4.79 Å². The maximum absolute atomic E-state index is 11.7. The molecule has 0 heterocycles. The molecule has 1 aliphatic rings. The maximum atomic E-state index is 11.7. The van der Waals surface area contributed by atoms with Crippen LogP contribution in [0.2, 0.25) is 0 Å². The van der Waals surface area contributed by atoms with Gasteiger partial charge in [0.2, 0.25) is 0 Å². The van der Waals surface area contributed by atoms with E-state index in [2.05, 4.69) is 17.6 Å². The third kappa shape index (κ3) is 3.47. The Bertz CT molecular complexity index is 416. The van der Waals surface area contributed by atoms with Gasteiger partial charge in [-0.05, 0) is 43.9 Å². The van der Waals surface area contributed by atoms with Crippen LogP contribution in [0.3, 0.4) is 0 Å². The summed E-state index contributed by atoms with van der Waals surface area (Å²) in [5.41, 5.74) is 1.60. The minimum Gasteiger partial charge on any atom is -0.395 e. The Labute approximate surface area is 107 Å². The van der Waals surface area contributed by atoms with Crippen LogP contribution in [0.25, 0.3) is 0 Å². The molecule has 0 spiro atoms. The van der Waals surface area contributed by atoms with E-state index in [0.717, 1.165) is 11.6 Å². The van der Waals surface area contributed by atoms with Gasteiger partial charge in [0.1, 0.15) is 0 Å². The summed E-state index contributed by atoms with van der Waals surface area (Å²) >= 11 is 0. The number of aliphatic hydroxyl groups is 1. The van der Waals surface area contributed by atoms with E-state index in [4.69, 9.17) is 5.11 Å². The summed E-state index contributed by atoms with van der Waals surface area (Å²) in [6.45, 7) is 2.42. The second-order valence-electron chi connectivity index (χ2n) is 4.83. The Morgan fingerprint density at radius 3 is 2.94 bits per heavy atom. The van der Waals surface area contributed by atoms with Gasteiger partial charge in [0.25, 0.3) is 5.91 Å². The fraction of sp³-hybridized carbons (Fsp3) is 0.500. The van der Waals surface area contributed by atoms with Gasteiger partial charge in [-0.3, -0.25) is 4.79 Å². The standard InChI is InChI=1S/C14H20N2O2/c1-10(11-5-6-11)16-13-4-2-3-12(9-13)14(18)15-7-8-17/h2-4,9-11,16-17H,5-8H2,1H3,(H,15,18). The average molecular weight is 248 g/mol. The molecule has 18 heavy (non-hydrogen) atoms. The molecule has 0 radical (unpaired) electrons. The van der Waals surface area contributed by atoms with Crippen molar-refractivity contribution >= 4 is 11.6 Å². The zero-order valence-electron chi connectivity index (χ0n) is 10.6. The topological polar surface area (TPSA) is 61.4 Å². The minimum absolute atomic E-state index is 0.0393. The number of hydrogen-bond acceptors (Lipinski definition) is 3. The van der Waals surface area contributed by atoms with Crippen molar-refractivity contribution in [1.82, 2.24) is 5.32 Å². The molecule has 0 aromatic heterocycles. The van der Waals surface area contributed by atoms with Crippen molar-refractivity contribution in [2.75, 3.05) is 18.5 Å². The second-order valence-corrected chi connectivity index (χ2v) is 4.83. The molecule has 1 atom stereocenters. The zero-order valence-corrected chi connectivity index (χ0v) is 10.6. The molecule has 0 bridgehead atoms. The van der Waals surface area contributed by atoms with Crippen molar-refractivity contribution < 1.29 is 9.90 Å². The SMILES string of the molecule is CC(Nc1cccc(C(=O)NCCO)c1)C1CC1. The number of nitrogens with one attached hydrogen (secondary N) is 2. The highest BCUT2D eigenvalue weighted by Gasteiger charge is 2.27. The number of hydrogen-bond donors (Lipinski definition) is 3. The van der Waals surface area contributed by atoms with Gasteiger partial charge >= 0.3 is 0 Å². The van der Waals surface area contributed by atoms with Gasteiger partial charge in [-0.25, -0.2) is 0 Å². The first-order chi connectivity index (χ1) is 8.70. The van der Waals surface area contributed by atoms with Gasteiger partial charge in [-0.1, -0.05) is 6.07 Å². The highest BCUT2D eigenvalue weighted by Crippen LogP contribution is 2.33. The zero-order chi connectivity index (χ0) is 13.0. The van der Waals surface area contributed by atoms with Gasteiger partial charge < -0.3 is 15.7 Å². The first kappa shape index (κ1) is 12.9. The van der Waals surface area contributed by atoms with Crippen LogP contribution in [0.15, 0.2) is 24.3 Å². The number of rotatable bonds is 6. The predicted octanol–water partition coefficient (Wildman–Crippen LogP) is 1.62. The Balaban J connectivity index is 1.97. The number of aliphatic hydroxyl groups excluding tert-OH is 1. The van der Waals surface area contributed by atoms with Crippen LogP contribution in [0.1, 0.15) is 30.1 Å². The summed E-state index contributed by atoms with van der Waals surface area (Å²) in [6.07, 6.45) is 2.59. The van der Waals surface area contributed by atoms with Gasteiger partial charge in [-0.15, -0.1) is 0 Å². The Morgan fingerprint density at radius 1 is 1.50 bits per heavy atom. The molecule has 4 heteroatoms. The molecule has 1 saturated carbocycles. The summed E-state index contributed by atoms with van der Waals surface area (Å²) in [5.74, 6) is 0.628. The van der Waals surface area contributed by atoms with Crippen LogP contribution in [0.4, 0.5) is 5.69 Å². The maximum Gasteiger partial charge on any atom is 0.251 e. The summed E-state index contributed by atoms with van der Waals surface area (Å²) < 4.78 is 0.